The molecule has 2 aromatic heterocycles. The van der Waals surface area contributed by atoms with Crippen molar-refractivity contribution in [2.24, 2.45) is 0 Å². The van der Waals surface area contributed by atoms with Crippen molar-refractivity contribution in [3.8, 4) is 0 Å². The minimum Gasteiger partial charge on any atom is -0.339 e. The molecular formula is C36H34N6OS. The smallest absolute Gasteiger partial charge is 0.235 e. The molecule has 4 aromatic carbocycles. The summed E-state index contributed by atoms with van der Waals surface area (Å²) in [5.74, 6) is 0.110. The summed E-state index contributed by atoms with van der Waals surface area (Å²) in [6.45, 7) is 5.61. The van der Waals surface area contributed by atoms with Crippen LogP contribution in [0.15, 0.2) is 120 Å². The minimum atomic E-state index is -0.327. The molecule has 7 nitrogen and oxygen atoms in total. The van der Waals surface area contributed by atoms with Crippen LogP contribution in [0.1, 0.15) is 29.7 Å². The number of hydrogen-bond acceptors (Lipinski definition) is 6. The van der Waals surface area contributed by atoms with Crippen molar-refractivity contribution in [1.29, 1.82) is 0 Å². The molecule has 1 atom stereocenters. The summed E-state index contributed by atoms with van der Waals surface area (Å²) in [6, 6.07) is 40.0. The van der Waals surface area contributed by atoms with Gasteiger partial charge in [0, 0.05) is 38.1 Å². The van der Waals surface area contributed by atoms with Crippen molar-refractivity contribution in [2.45, 2.75) is 29.9 Å². The van der Waals surface area contributed by atoms with Gasteiger partial charge in [-0.3, -0.25) is 9.69 Å². The average Bonchev–Trinajstić information content (AvgIpc) is 3.39. The summed E-state index contributed by atoms with van der Waals surface area (Å²) in [4.78, 5) is 23.1. The normalized spacial score (nSPS) is 14.8. The molecule has 1 amide bonds. The Morgan fingerprint density at radius 3 is 2.00 bits per heavy atom. The van der Waals surface area contributed by atoms with Crippen LogP contribution in [0, 0.1) is 0 Å². The maximum atomic E-state index is 13.6. The van der Waals surface area contributed by atoms with Gasteiger partial charge in [0.1, 0.15) is 5.52 Å². The Kier molecular flexibility index (Phi) is 8.09. The minimum absolute atomic E-state index is 0.110. The number of carbonyl (C=O) groups excluding carboxylic acids is 1. The zero-order valence-corrected chi connectivity index (χ0v) is 25.5. The molecule has 1 aliphatic heterocycles. The van der Waals surface area contributed by atoms with Crippen LogP contribution in [-0.4, -0.2) is 66.9 Å². The highest BCUT2D eigenvalue weighted by Crippen LogP contribution is 2.31. The molecule has 1 saturated heterocycles. The Morgan fingerprint density at radius 2 is 1.34 bits per heavy atom. The number of benzene rings is 4. The Bertz CT molecular complexity index is 1830. The SMILES string of the molecule is CC(Sc1nnc2c3ccccc3n(Cc3ccccc3)c2n1)C(=O)N1CCN(C(c2ccccc2)c2ccccc2)CC1. The van der Waals surface area contributed by atoms with E-state index in [4.69, 9.17) is 4.98 Å². The number of para-hydroxylation sites is 1. The third-order valence-corrected chi connectivity index (χ3v) is 9.33. The standard InChI is InChI=1S/C36H34N6OS/c1-26(35(43)41-23-21-40(22-24-41)33(28-15-7-3-8-16-28)29-17-9-4-10-18-29)44-36-37-34-32(38-39-36)30-19-11-12-20-31(30)42(34)25-27-13-5-2-6-14-27/h2-20,26,33H,21-25H2,1H3. The number of amides is 1. The monoisotopic (exact) mass is 598 g/mol. The summed E-state index contributed by atoms with van der Waals surface area (Å²) in [5, 5.41) is 10.3. The Labute approximate surface area is 261 Å². The quantitative estimate of drug-likeness (QED) is 0.188. The van der Waals surface area contributed by atoms with E-state index in [0.717, 1.165) is 35.2 Å². The van der Waals surface area contributed by atoms with E-state index in [1.54, 1.807) is 0 Å². The van der Waals surface area contributed by atoms with Gasteiger partial charge in [-0.25, -0.2) is 4.98 Å². The molecule has 8 heteroatoms. The second kappa shape index (κ2) is 12.6. The van der Waals surface area contributed by atoms with E-state index in [1.807, 2.05) is 42.2 Å². The highest BCUT2D eigenvalue weighted by atomic mass is 32.2. The van der Waals surface area contributed by atoms with Gasteiger partial charge in [-0.1, -0.05) is 121 Å². The highest BCUT2D eigenvalue weighted by molar-refractivity contribution is 8.00. The maximum absolute atomic E-state index is 13.6. The Morgan fingerprint density at radius 1 is 0.750 bits per heavy atom. The van der Waals surface area contributed by atoms with Gasteiger partial charge in [0.05, 0.1) is 16.8 Å². The molecule has 1 unspecified atom stereocenters. The molecule has 0 saturated carbocycles. The lowest BCUT2D eigenvalue weighted by molar-refractivity contribution is -0.132. The Balaban J connectivity index is 1.07. The summed E-state index contributed by atoms with van der Waals surface area (Å²) in [5.41, 5.74) is 6.37. The first-order valence-corrected chi connectivity index (χ1v) is 16.0. The lowest BCUT2D eigenvalue weighted by atomic mass is 9.96. The molecule has 6 aromatic rings. The number of aromatic nitrogens is 4. The van der Waals surface area contributed by atoms with Crippen LogP contribution in [-0.2, 0) is 11.3 Å². The van der Waals surface area contributed by atoms with Crippen LogP contribution in [0.25, 0.3) is 22.1 Å². The van der Waals surface area contributed by atoms with E-state index in [-0.39, 0.29) is 17.2 Å². The first-order chi connectivity index (χ1) is 21.7. The van der Waals surface area contributed by atoms with E-state index in [2.05, 4.69) is 105 Å². The predicted octanol–water partition coefficient (Wildman–Crippen LogP) is 6.44. The molecule has 1 fully saturated rings. The summed E-state index contributed by atoms with van der Waals surface area (Å²) >= 11 is 1.38. The second-order valence-electron chi connectivity index (χ2n) is 11.2. The molecule has 0 bridgehead atoms. The van der Waals surface area contributed by atoms with E-state index >= 15 is 0 Å². The van der Waals surface area contributed by atoms with Crippen LogP contribution in [0.4, 0.5) is 0 Å². The van der Waals surface area contributed by atoms with Crippen LogP contribution in [0.2, 0.25) is 0 Å². The van der Waals surface area contributed by atoms with Crippen molar-refractivity contribution >= 4 is 39.7 Å². The molecule has 0 aliphatic carbocycles. The topological polar surface area (TPSA) is 67.2 Å². The number of rotatable bonds is 8. The number of hydrogen-bond donors (Lipinski definition) is 0. The van der Waals surface area contributed by atoms with Gasteiger partial charge in [-0.05, 0) is 29.7 Å². The van der Waals surface area contributed by atoms with E-state index < -0.39 is 0 Å². The lowest BCUT2D eigenvalue weighted by Gasteiger charge is -2.40. The van der Waals surface area contributed by atoms with Gasteiger partial charge < -0.3 is 9.47 Å². The zero-order valence-electron chi connectivity index (χ0n) is 24.7. The molecule has 3 heterocycles. The summed E-state index contributed by atoms with van der Waals surface area (Å²) < 4.78 is 2.19. The number of carbonyl (C=O) groups is 1. The molecule has 1 aliphatic rings. The second-order valence-corrected chi connectivity index (χ2v) is 12.5. The molecule has 7 rings (SSSR count). The average molecular weight is 599 g/mol. The first kappa shape index (κ1) is 28.3. The molecule has 220 valence electrons. The Hall–Kier alpha value is -4.53. The predicted molar refractivity (Wildman–Crippen MR) is 177 cm³/mol. The van der Waals surface area contributed by atoms with Crippen molar-refractivity contribution in [1.82, 2.24) is 29.5 Å². The van der Waals surface area contributed by atoms with Crippen molar-refractivity contribution in [3.63, 3.8) is 0 Å². The zero-order chi connectivity index (χ0) is 29.9. The van der Waals surface area contributed by atoms with Crippen LogP contribution in [0.3, 0.4) is 0 Å². The molecular weight excluding hydrogens is 565 g/mol. The number of fused-ring (bicyclic) bond motifs is 3. The van der Waals surface area contributed by atoms with Crippen LogP contribution >= 0.6 is 11.8 Å². The van der Waals surface area contributed by atoms with Gasteiger partial charge in [-0.2, -0.15) is 0 Å². The fourth-order valence-corrected chi connectivity index (χ4v) is 7.01. The first-order valence-electron chi connectivity index (χ1n) is 15.1. The lowest BCUT2D eigenvalue weighted by Crippen LogP contribution is -2.51. The van der Waals surface area contributed by atoms with Gasteiger partial charge in [-0.15, -0.1) is 10.2 Å². The van der Waals surface area contributed by atoms with Crippen molar-refractivity contribution in [2.75, 3.05) is 26.2 Å². The molecule has 44 heavy (non-hydrogen) atoms. The number of thioether (sulfide) groups is 1. The van der Waals surface area contributed by atoms with Crippen LogP contribution < -0.4 is 0 Å². The van der Waals surface area contributed by atoms with Gasteiger partial charge >= 0.3 is 0 Å². The van der Waals surface area contributed by atoms with Crippen molar-refractivity contribution < 1.29 is 4.79 Å². The van der Waals surface area contributed by atoms with Crippen molar-refractivity contribution in [3.05, 3.63) is 132 Å². The largest absolute Gasteiger partial charge is 0.339 e. The molecule has 0 radical (unpaired) electrons. The fourth-order valence-electron chi connectivity index (χ4n) is 6.22. The maximum Gasteiger partial charge on any atom is 0.235 e. The third kappa shape index (κ3) is 5.70. The van der Waals surface area contributed by atoms with Gasteiger partial charge in [0.15, 0.2) is 5.65 Å². The molecule has 0 N–H and O–H groups in total. The highest BCUT2D eigenvalue weighted by Gasteiger charge is 2.30. The summed E-state index contributed by atoms with van der Waals surface area (Å²) in [6.07, 6.45) is 0. The van der Waals surface area contributed by atoms with E-state index in [1.165, 1.54) is 28.5 Å². The van der Waals surface area contributed by atoms with Gasteiger partial charge in [0.2, 0.25) is 11.1 Å². The van der Waals surface area contributed by atoms with Crippen LogP contribution in [0.5, 0.6) is 0 Å². The van der Waals surface area contributed by atoms with Gasteiger partial charge in [0.25, 0.3) is 0 Å². The number of piperazine rings is 1. The third-order valence-electron chi connectivity index (χ3n) is 8.39. The number of nitrogens with zero attached hydrogens (tertiary/aromatic N) is 6. The van der Waals surface area contributed by atoms with E-state index in [9.17, 15) is 4.79 Å². The summed E-state index contributed by atoms with van der Waals surface area (Å²) in [7, 11) is 0. The van der Waals surface area contributed by atoms with E-state index in [0.29, 0.717) is 24.8 Å². The fraction of sp³-hybridized carbons (Fsp3) is 0.222. The molecule has 0 spiro atoms.